The molecule has 6 nitrogen and oxygen atoms in total. The van der Waals surface area contributed by atoms with Crippen LogP contribution >= 0.6 is 0 Å². The minimum atomic E-state index is -1.16. The molecule has 2 rings (SSSR count). The van der Waals surface area contributed by atoms with E-state index in [-0.39, 0.29) is 18.8 Å². The summed E-state index contributed by atoms with van der Waals surface area (Å²) in [5, 5.41) is 18.6. The van der Waals surface area contributed by atoms with E-state index >= 15 is 0 Å². The highest BCUT2D eigenvalue weighted by molar-refractivity contribution is 5.86. The first-order chi connectivity index (χ1) is 12.9. The number of carbonyl (C=O) groups is 3. The molecule has 1 aliphatic rings. The highest BCUT2D eigenvalue weighted by Crippen LogP contribution is 2.48. The van der Waals surface area contributed by atoms with Gasteiger partial charge < -0.3 is 14.9 Å². The molecule has 0 saturated heterocycles. The molecular formula is C21H28O6. The van der Waals surface area contributed by atoms with Crippen LogP contribution in [0.5, 0.6) is 5.75 Å². The number of unbranched alkanes of at least 4 members (excludes halogenated alkanes) is 5. The van der Waals surface area contributed by atoms with Crippen molar-refractivity contribution in [2.45, 2.75) is 70.1 Å². The predicted octanol–water partition coefficient (Wildman–Crippen LogP) is 4.16. The van der Waals surface area contributed by atoms with Crippen molar-refractivity contribution >= 4 is 17.9 Å². The minimum absolute atomic E-state index is 0.0782. The Morgan fingerprint density at radius 3 is 2.15 bits per heavy atom. The molecule has 27 heavy (non-hydrogen) atoms. The Labute approximate surface area is 159 Å². The summed E-state index contributed by atoms with van der Waals surface area (Å²) in [7, 11) is 0. The van der Waals surface area contributed by atoms with Gasteiger partial charge >= 0.3 is 17.9 Å². The number of carboxylic acids is 2. The number of rotatable bonds is 11. The lowest BCUT2D eigenvalue weighted by atomic mass is 9.58. The number of aliphatic carboxylic acids is 2. The van der Waals surface area contributed by atoms with Gasteiger partial charge in [0.05, 0.1) is 11.3 Å². The lowest BCUT2D eigenvalue weighted by molar-refractivity contribution is -0.157. The quantitative estimate of drug-likeness (QED) is 0.342. The van der Waals surface area contributed by atoms with Gasteiger partial charge in [0.15, 0.2) is 0 Å². The standard InChI is InChI=1S/C21H28O6/c1-2-3-4-5-6-7-8-18(22)27-17-11-9-16(10-12-17)21(20(25)26)13-15(14-21)19(23)24/h9-12,15H,2-8,13-14H2,1H3,(H,23,24)(H,25,26). The zero-order chi connectivity index (χ0) is 19.9. The summed E-state index contributed by atoms with van der Waals surface area (Å²) in [5.41, 5.74) is -0.618. The van der Waals surface area contributed by atoms with Crippen molar-refractivity contribution in [1.82, 2.24) is 0 Å². The zero-order valence-corrected chi connectivity index (χ0v) is 15.8. The van der Waals surface area contributed by atoms with Crippen LogP contribution in [-0.2, 0) is 19.8 Å². The Bertz CT molecular complexity index is 658. The van der Waals surface area contributed by atoms with E-state index < -0.39 is 23.3 Å². The van der Waals surface area contributed by atoms with Crippen LogP contribution in [0.1, 0.15) is 70.3 Å². The van der Waals surface area contributed by atoms with E-state index in [1.54, 1.807) is 24.3 Å². The normalized spacial score (nSPS) is 21.3. The van der Waals surface area contributed by atoms with Crippen LogP contribution in [0.3, 0.4) is 0 Å². The van der Waals surface area contributed by atoms with Crippen LogP contribution < -0.4 is 4.74 Å². The van der Waals surface area contributed by atoms with Crippen molar-refractivity contribution in [2.24, 2.45) is 5.92 Å². The SMILES string of the molecule is CCCCCCCCC(=O)Oc1ccc(C2(C(=O)O)CC(C(=O)O)C2)cc1. The molecule has 1 aliphatic carbocycles. The summed E-state index contributed by atoms with van der Waals surface area (Å²) in [4.78, 5) is 34.6. The molecule has 0 aliphatic heterocycles. The first-order valence-corrected chi connectivity index (χ1v) is 9.66. The fourth-order valence-corrected chi connectivity index (χ4v) is 3.56. The van der Waals surface area contributed by atoms with Crippen molar-refractivity contribution in [2.75, 3.05) is 0 Å². The fraction of sp³-hybridized carbons (Fsp3) is 0.571. The summed E-state index contributed by atoms with van der Waals surface area (Å²) in [5.74, 6) is -2.53. The first kappa shape index (κ1) is 20.9. The summed E-state index contributed by atoms with van der Waals surface area (Å²) < 4.78 is 5.30. The molecule has 0 amide bonds. The van der Waals surface area contributed by atoms with Gasteiger partial charge in [-0.15, -0.1) is 0 Å². The molecule has 148 valence electrons. The van der Waals surface area contributed by atoms with Gasteiger partial charge in [0.1, 0.15) is 5.75 Å². The number of esters is 1. The van der Waals surface area contributed by atoms with Crippen LogP contribution in [0, 0.1) is 5.92 Å². The molecule has 6 heteroatoms. The first-order valence-electron chi connectivity index (χ1n) is 9.66. The summed E-state index contributed by atoms with van der Waals surface area (Å²) in [6.45, 7) is 2.16. The molecule has 0 unspecified atom stereocenters. The third-order valence-electron chi connectivity index (χ3n) is 5.32. The van der Waals surface area contributed by atoms with Gasteiger partial charge in [0.25, 0.3) is 0 Å². The van der Waals surface area contributed by atoms with Gasteiger partial charge in [-0.3, -0.25) is 14.4 Å². The molecular weight excluding hydrogens is 348 g/mol. The van der Waals surface area contributed by atoms with E-state index in [1.165, 1.54) is 19.3 Å². The summed E-state index contributed by atoms with van der Waals surface area (Å²) in [6.07, 6.45) is 7.08. The molecule has 0 aromatic heterocycles. The Kier molecular flexibility index (Phi) is 7.39. The second kappa shape index (κ2) is 9.53. The van der Waals surface area contributed by atoms with E-state index in [9.17, 15) is 19.5 Å². The Hall–Kier alpha value is -2.37. The maximum absolute atomic E-state index is 11.9. The highest BCUT2D eigenvalue weighted by atomic mass is 16.5. The van der Waals surface area contributed by atoms with E-state index in [1.807, 2.05) is 0 Å². The average Bonchev–Trinajstić information content (AvgIpc) is 2.58. The van der Waals surface area contributed by atoms with Crippen molar-refractivity contribution in [3.8, 4) is 5.75 Å². The van der Waals surface area contributed by atoms with Crippen LogP contribution in [0.4, 0.5) is 0 Å². The van der Waals surface area contributed by atoms with E-state index in [4.69, 9.17) is 9.84 Å². The lowest BCUT2D eigenvalue weighted by Crippen LogP contribution is -2.50. The Balaban J connectivity index is 1.85. The largest absolute Gasteiger partial charge is 0.481 e. The number of benzene rings is 1. The van der Waals surface area contributed by atoms with Gasteiger partial charge in [-0.1, -0.05) is 51.2 Å². The van der Waals surface area contributed by atoms with Crippen molar-refractivity contribution in [3.05, 3.63) is 29.8 Å². The van der Waals surface area contributed by atoms with Gasteiger partial charge in [-0.2, -0.15) is 0 Å². The number of carbonyl (C=O) groups excluding carboxylic acids is 1. The monoisotopic (exact) mass is 376 g/mol. The Morgan fingerprint density at radius 2 is 1.59 bits per heavy atom. The van der Waals surface area contributed by atoms with Crippen molar-refractivity contribution in [3.63, 3.8) is 0 Å². The number of ether oxygens (including phenoxy) is 1. The van der Waals surface area contributed by atoms with Gasteiger partial charge in [-0.05, 0) is 37.0 Å². The van der Waals surface area contributed by atoms with Crippen LogP contribution in [0.25, 0.3) is 0 Å². The van der Waals surface area contributed by atoms with E-state index in [2.05, 4.69) is 6.92 Å². The van der Waals surface area contributed by atoms with E-state index in [0.717, 1.165) is 19.3 Å². The second-order valence-electron chi connectivity index (χ2n) is 7.35. The molecule has 0 heterocycles. The number of hydrogen-bond donors (Lipinski definition) is 2. The van der Waals surface area contributed by atoms with Gasteiger partial charge in [-0.25, -0.2) is 0 Å². The number of carboxylic acid groups (broad SMARTS) is 2. The molecule has 2 N–H and O–H groups in total. The second-order valence-corrected chi connectivity index (χ2v) is 7.35. The molecule has 0 bridgehead atoms. The third-order valence-corrected chi connectivity index (χ3v) is 5.32. The fourth-order valence-electron chi connectivity index (χ4n) is 3.56. The van der Waals surface area contributed by atoms with Crippen LogP contribution in [0.15, 0.2) is 24.3 Å². The molecule has 1 aromatic carbocycles. The molecule has 0 spiro atoms. The molecule has 1 fully saturated rings. The zero-order valence-electron chi connectivity index (χ0n) is 15.8. The average molecular weight is 376 g/mol. The third kappa shape index (κ3) is 5.31. The van der Waals surface area contributed by atoms with Crippen molar-refractivity contribution < 1.29 is 29.3 Å². The summed E-state index contributed by atoms with van der Waals surface area (Å²) in [6, 6.07) is 6.37. The van der Waals surface area contributed by atoms with Crippen molar-refractivity contribution in [1.29, 1.82) is 0 Å². The molecule has 1 aromatic rings. The van der Waals surface area contributed by atoms with Crippen LogP contribution in [-0.4, -0.2) is 28.1 Å². The lowest BCUT2D eigenvalue weighted by Gasteiger charge is -2.42. The molecule has 0 atom stereocenters. The van der Waals surface area contributed by atoms with Gasteiger partial charge in [0.2, 0.25) is 0 Å². The summed E-state index contributed by atoms with van der Waals surface area (Å²) >= 11 is 0. The molecule has 1 saturated carbocycles. The van der Waals surface area contributed by atoms with E-state index in [0.29, 0.717) is 17.7 Å². The smallest absolute Gasteiger partial charge is 0.314 e. The topological polar surface area (TPSA) is 101 Å². The maximum Gasteiger partial charge on any atom is 0.314 e. The minimum Gasteiger partial charge on any atom is -0.481 e. The number of hydrogen-bond acceptors (Lipinski definition) is 4. The maximum atomic E-state index is 11.9. The van der Waals surface area contributed by atoms with Crippen LogP contribution in [0.2, 0.25) is 0 Å². The highest BCUT2D eigenvalue weighted by Gasteiger charge is 2.54. The predicted molar refractivity (Wildman–Crippen MR) is 99.7 cm³/mol. The Morgan fingerprint density at radius 1 is 1.00 bits per heavy atom. The molecule has 0 radical (unpaired) electrons. The van der Waals surface area contributed by atoms with Gasteiger partial charge in [0, 0.05) is 6.42 Å².